The molecule has 1 aromatic heterocycles. The van der Waals surface area contributed by atoms with E-state index in [0.717, 1.165) is 21.3 Å². The van der Waals surface area contributed by atoms with Crippen LogP contribution < -0.4 is 15.4 Å². The topological polar surface area (TPSA) is 80.3 Å². The third-order valence-corrected chi connectivity index (χ3v) is 4.83. The average molecular weight is 383 g/mol. The van der Waals surface area contributed by atoms with Gasteiger partial charge in [0.25, 0.3) is 5.91 Å². The molecule has 0 aliphatic carbocycles. The van der Waals surface area contributed by atoms with Gasteiger partial charge in [0, 0.05) is 5.56 Å². The highest BCUT2D eigenvalue weighted by Gasteiger charge is 2.12. The second-order valence-electron chi connectivity index (χ2n) is 6.14. The zero-order chi connectivity index (χ0) is 19.4. The number of rotatable bonds is 6. The fourth-order valence-corrected chi connectivity index (χ4v) is 3.78. The summed E-state index contributed by atoms with van der Waals surface area (Å²) in [7, 11) is 0. The number of ether oxygens (including phenoxy) is 1. The van der Waals surface area contributed by atoms with Gasteiger partial charge in [-0.3, -0.25) is 9.59 Å². The summed E-state index contributed by atoms with van der Waals surface area (Å²) >= 11 is 1.42. The molecule has 0 spiro atoms. The second kappa shape index (κ2) is 8.18. The maximum atomic E-state index is 12.1. The minimum absolute atomic E-state index is 0.125. The van der Waals surface area contributed by atoms with Gasteiger partial charge in [-0.15, -0.1) is 0 Å². The van der Waals surface area contributed by atoms with Gasteiger partial charge in [-0.1, -0.05) is 17.4 Å². The van der Waals surface area contributed by atoms with Crippen LogP contribution in [0.4, 0.5) is 5.13 Å². The van der Waals surface area contributed by atoms with E-state index in [0.29, 0.717) is 23.1 Å². The first-order valence-corrected chi connectivity index (χ1v) is 9.46. The van der Waals surface area contributed by atoms with E-state index in [-0.39, 0.29) is 18.4 Å². The molecule has 2 N–H and O–H groups in total. The van der Waals surface area contributed by atoms with Gasteiger partial charge in [0.1, 0.15) is 5.75 Å². The number of hydrogen-bond acceptors (Lipinski definition) is 5. The molecule has 6 nitrogen and oxygen atoms in total. The number of nitrogens with zero attached hydrogens (tertiary/aromatic N) is 1. The van der Waals surface area contributed by atoms with Crippen molar-refractivity contribution in [3.63, 3.8) is 0 Å². The molecule has 1 heterocycles. The van der Waals surface area contributed by atoms with E-state index in [1.54, 1.807) is 24.3 Å². The predicted octanol–water partition coefficient (Wildman–Crippen LogP) is 3.68. The van der Waals surface area contributed by atoms with E-state index >= 15 is 0 Å². The Morgan fingerprint density at radius 3 is 2.59 bits per heavy atom. The number of aromatic nitrogens is 1. The maximum absolute atomic E-state index is 12.1. The Morgan fingerprint density at radius 1 is 1.15 bits per heavy atom. The minimum Gasteiger partial charge on any atom is -0.494 e. The van der Waals surface area contributed by atoms with E-state index < -0.39 is 0 Å². The third kappa shape index (κ3) is 4.62. The summed E-state index contributed by atoms with van der Waals surface area (Å²) in [4.78, 5) is 28.8. The molecule has 0 bridgehead atoms. The SMILES string of the molecule is CCOc1ccc(C(=O)NCC(=O)Nc2nc3c(C)cc(C)cc3s2)cc1. The molecule has 2 aromatic carbocycles. The standard InChI is InChI=1S/C20H21N3O3S/c1-4-26-15-7-5-14(6-8-15)19(25)21-11-17(24)22-20-23-18-13(3)9-12(2)10-16(18)27-20/h5-10H,4,11H2,1-3H3,(H,21,25)(H,22,23,24). The molecule has 0 aliphatic rings. The van der Waals surface area contributed by atoms with Crippen LogP contribution in [0.1, 0.15) is 28.4 Å². The maximum Gasteiger partial charge on any atom is 0.251 e. The van der Waals surface area contributed by atoms with Gasteiger partial charge in [0.2, 0.25) is 5.91 Å². The molecule has 0 saturated heterocycles. The Balaban J connectivity index is 1.57. The first-order chi connectivity index (χ1) is 13.0. The summed E-state index contributed by atoms with van der Waals surface area (Å²) in [5.74, 6) is 0.0693. The molecule has 0 radical (unpaired) electrons. The number of hydrogen-bond donors (Lipinski definition) is 2. The molecular formula is C20H21N3O3S. The molecule has 3 rings (SSSR count). The zero-order valence-electron chi connectivity index (χ0n) is 15.5. The summed E-state index contributed by atoms with van der Waals surface area (Å²) < 4.78 is 6.37. The van der Waals surface area contributed by atoms with Crippen molar-refractivity contribution in [2.45, 2.75) is 20.8 Å². The lowest BCUT2D eigenvalue weighted by Gasteiger charge is -2.06. The summed E-state index contributed by atoms with van der Waals surface area (Å²) in [5, 5.41) is 5.88. The Kier molecular flexibility index (Phi) is 5.71. The van der Waals surface area contributed by atoms with Crippen LogP contribution in [0.3, 0.4) is 0 Å². The van der Waals surface area contributed by atoms with Gasteiger partial charge in [0.05, 0.1) is 23.4 Å². The van der Waals surface area contributed by atoms with Gasteiger partial charge >= 0.3 is 0 Å². The number of amides is 2. The molecule has 27 heavy (non-hydrogen) atoms. The van der Waals surface area contributed by atoms with E-state index in [1.165, 1.54) is 11.3 Å². The lowest BCUT2D eigenvalue weighted by molar-refractivity contribution is -0.115. The summed E-state index contributed by atoms with van der Waals surface area (Å²) in [5.41, 5.74) is 3.59. The molecule has 0 unspecified atom stereocenters. The zero-order valence-corrected chi connectivity index (χ0v) is 16.3. The first-order valence-electron chi connectivity index (χ1n) is 8.65. The molecule has 0 atom stereocenters. The van der Waals surface area contributed by atoms with Crippen LogP contribution in [0.2, 0.25) is 0 Å². The summed E-state index contributed by atoms with van der Waals surface area (Å²) in [6.07, 6.45) is 0. The van der Waals surface area contributed by atoms with Crippen LogP contribution in [0, 0.1) is 13.8 Å². The number of aryl methyl sites for hydroxylation is 2. The average Bonchev–Trinajstić information content (AvgIpc) is 3.03. The number of fused-ring (bicyclic) bond motifs is 1. The highest BCUT2D eigenvalue weighted by molar-refractivity contribution is 7.22. The van der Waals surface area contributed by atoms with E-state index in [4.69, 9.17) is 4.74 Å². The monoisotopic (exact) mass is 383 g/mol. The lowest BCUT2D eigenvalue weighted by Crippen LogP contribution is -2.32. The second-order valence-corrected chi connectivity index (χ2v) is 7.17. The number of nitrogens with one attached hydrogen (secondary N) is 2. The molecule has 0 saturated carbocycles. The number of carbonyl (C=O) groups excluding carboxylic acids is 2. The molecule has 0 aliphatic heterocycles. The quantitative estimate of drug-likeness (QED) is 0.680. The van der Waals surface area contributed by atoms with Gasteiger partial charge in [-0.25, -0.2) is 4.98 Å². The van der Waals surface area contributed by atoms with Crippen molar-refractivity contribution in [2.75, 3.05) is 18.5 Å². The van der Waals surface area contributed by atoms with Crippen LogP contribution in [0.5, 0.6) is 5.75 Å². The number of thiazole rings is 1. The van der Waals surface area contributed by atoms with Crippen molar-refractivity contribution in [3.05, 3.63) is 53.1 Å². The van der Waals surface area contributed by atoms with Crippen molar-refractivity contribution in [1.29, 1.82) is 0 Å². The molecule has 7 heteroatoms. The Morgan fingerprint density at radius 2 is 1.89 bits per heavy atom. The molecule has 140 valence electrons. The molecule has 3 aromatic rings. The largest absolute Gasteiger partial charge is 0.494 e. The van der Waals surface area contributed by atoms with E-state index in [2.05, 4.69) is 21.7 Å². The Bertz CT molecular complexity index is 980. The fourth-order valence-electron chi connectivity index (χ4n) is 2.72. The number of benzene rings is 2. The van der Waals surface area contributed by atoms with Crippen LogP contribution >= 0.6 is 11.3 Å². The van der Waals surface area contributed by atoms with Crippen LogP contribution in [0.25, 0.3) is 10.2 Å². The van der Waals surface area contributed by atoms with Gasteiger partial charge in [0.15, 0.2) is 5.13 Å². The van der Waals surface area contributed by atoms with Crippen LogP contribution in [-0.2, 0) is 4.79 Å². The summed E-state index contributed by atoms with van der Waals surface area (Å²) in [6.45, 7) is 6.36. The van der Waals surface area contributed by atoms with E-state index in [9.17, 15) is 9.59 Å². The molecular weight excluding hydrogens is 362 g/mol. The van der Waals surface area contributed by atoms with Gasteiger partial charge < -0.3 is 15.4 Å². The lowest BCUT2D eigenvalue weighted by atomic mass is 10.1. The minimum atomic E-state index is -0.317. The van der Waals surface area contributed by atoms with Crippen molar-refractivity contribution in [3.8, 4) is 5.75 Å². The van der Waals surface area contributed by atoms with Gasteiger partial charge in [-0.2, -0.15) is 0 Å². The smallest absolute Gasteiger partial charge is 0.251 e. The predicted molar refractivity (Wildman–Crippen MR) is 108 cm³/mol. The van der Waals surface area contributed by atoms with Crippen molar-refractivity contribution >= 4 is 38.5 Å². The normalized spacial score (nSPS) is 10.6. The van der Waals surface area contributed by atoms with Crippen LogP contribution in [0.15, 0.2) is 36.4 Å². The molecule has 0 fully saturated rings. The first kappa shape index (κ1) is 18.8. The van der Waals surface area contributed by atoms with Crippen molar-refractivity contribution in [2.24, 2.45) is 0 Å². The third-order valence-electron chi connectivity index (χ3n) is 3.91. The highest BCUT2D eigenvalue weighted by Crippen LogP contribution is 2.29. The Labute approximate surface area is 161 Å². The van der Waals surface area contributed by atoms with Crippen molar-refractivity contribution in [1.82, 2.24) is 10.3 Å². The summed E-state index contributed by atoms with van der Waals surface area (Å²) in [6, 6.07) is 10.9. The van der Waals surface area contributed by atoms with Gasteiger partial charge in [-0.05, 0) is 62.2 Å². The fraction of sp³-hybridized carbons (Fsp3) is 0.250. The van der Waals surface area contributed by atoms with Crippen LogP contribution in [-0.4, -0.2) is 29.9 Å². The van der Waals surface area contributed by atoms with E-state index in [1.807, 2.05) is 26.8 Å². The number of carbonyl (C=O) groups is 2. The highest BCUT2D eigenvalue weighted by atomic mass is 32.1. The number of anilines is 1. The molecule has 2 amide bonds. The Hall–Kier alpha value is -2.93. The van der Waals surface area contributed by atoms with Crippen molar-refractivity contribution < 1.29 is 14.3 Å².